The molecule has 1 spiro atoms. The fraction of sp³-hybridized carbons (Fsp3) is 0.818. The average Bonchev–Trinajstić information content (AvgIpc) is 2.74. The van der Waals surface area contributed by atoms with Crippen LogP contribution in [0, 0.1) is 5.92 Å². The van der Waals surface area contributed by atoms with E-state index in [1.807, 2.05) is 6.08 Å². The highest BCUT2D eigenvalue weighted by atomic mass is 16.7. The average molecular weight is 194 g/mol. The molecule has 3 nitrogen and oxygen atoms in total. The van der Waals surface area contributed by atoms with Gasteiger partial charge in [-0.15, -0.1) is 6.58 Å². The fourth-order valence-electron chi connectivity index (χ4n) is 3.41. The van der Waals surface area contributed by atoms with Crippen molar-refractivity contribution < 1.29 is 4.84 Å². The van der Waals surface area contributed by atoms with Gasteiger partial charge in [0.2, 0.25) is 0 Å². The zero-order valence-electron chi connectivity index (χ0n) is 8.61. The van der Waals surface area contributed by atoms with E-state index in [4.69, 9.17) is 4.84 Å². The Morgan fingerprint density at radius 2 is 2.50 bits per heavy atom. The first-order chi connectivity index (χ1) is 6.85. The van der Waals surface area contributed by atoms with Crippen LogP contribution >= 0.6 is 0 Å². The van der Waals surface area contributed by atoms with E-state index in [-0.39, 0.29) is 0 Å². The van der Waals surface area contributed by atoms with Crippen molar-refractivity contribution in [2.75, 3.05) is 32.8 Å². The Kier molecular flexibility index (Phi) is 1.94. The van der Waals surface area contributed by atoms with Crippen LogP contribution in [0.4, 0.5) is 0 Å². The van der Waals surface area contributed by atoms with E-state index < -0.39 is 0 Å². The van der Waals surface area contributed by atoms with Crippen LogP contribution < -0.4 is 0 Å². The lowest BCUT2D eigenvalue weighted by molar-refractivity contribution is -0.144. The minimum atomic E-state index is 0.378. The molecule has 3 aliphatic heterocycles. The zero-order chi connectivity index (χ0) is 9.60. The predicted molar refractivity (Wildman–Crippen MR) is 54.8 cm³/mol. The van der Waals surface area contributed by atoms with E-state index in [1.165, 1.54) is 25.9 Å². The number of nitrogens with zero attached hydrogens (tertiary/aromatic N) is 2. The normalized spacial score (nSPS) is 42.7. The van der Waals surface area contributed by atoms with Crippen LogP contribution in [0.15, 0.2) is 12.7 Å². The first kappa shape index (κ1) is 8.89. The van der Waals surface area contributed by atoms with Gasteiger partial charge in [0.1, 0.15) is 0 Å². The molecule has 0 unspecified atom stereocenters. The van der Waals surface area contributed by atoms with Crippen LogP contribution in [0.2, 0.25) is 0 Å². The van der Waals surface area contributed by atoms with E-state index in [2.05, 4.69) is 16.5 Å². The van der Waals surface area contributed by atoms with E-state index >= 15 is 0 Å². The second kappa shape index (κ2) is 3.05. The van der Waals surface area contributed by atoms with Gasteiger partial charge in [0.05, 0.1) is 12.1 Å². The minimum Gasteiger partial charge on any atom is -0.298 e. The quantitative estimate of drug-likeness (QED) is 0.607. The first-order valence-corrected chi connectivity index (χ1v) is 5.59. The maximum atomic E-state index is 5.74. The molecule has 3 aliphatic rings. The molecule has 3 heterocycles. The monoisotopic (exact) mass is 194 g/mol. The van der Waals surface area contributed by atoms with Crippen LogP contribution in [0.1, 0.15) is 12.8 Å². The summed E-state index contributed by atoms with van der Waals surface area (Å²) in [6.07, 6.45) is 4.64. The lowest BCUT2D eigenvalue weighted by Gasteiger charge is -2.29. The van der Waals surface area contributed by atoms with Gasteiger partial charge in [-0.1, -0.05) is 6.08 Å². The predicted octanol–water partition coefficient (Wildman–Crippen LogP) is 0.884. The van der Waals surface area contributed by atoms with Crippen molar-refractivity contribution in [3.05, 3.63) is 12.7 Å². The summed E-state index contributed by atoms with van der Waals surface area (Å²) in [6.45, 7) is 9.31. The van der Waals surface area contributed by atoms with Crippen LogP contribution in [-0.4, -0.2) is 48.3 Å². The van der Waals surface area contributed by atoms with Gasteiger partial charge >= 0.3 is 0 Å². The molecule has 0 aromatic carbocycles. The third kappa shape index (κ3) is 1.03. The van der Waals surface area contributed by atoms with Gasteiger partial charge in [-0.2, -0.15) is 5.06 Å². The van der Waals surface area contributed by atoms with E-state index in [9.17, 15) is 0 Å². The lowest BCUT2D eigenvalue weighted by Crippen LogP contribution is -2.44. The fourth-order valence-corrected chi connectivity index (χ4v) is 3.41. The van der Waals surface area contributed by atoms with Gasteiger partial charge in [0, 0.05) is 32.1 Å². The molecule has 0 saturated carbocycles. The number of likely N-dealkylation sites (tertiary alicyclic amines) is 1. The second-order valence-corrected chi connectivity index (χ2v) is 4.78. The molecule has 0 N–H and O–H groups in total. The van der Waals surface area contributed by atoms with Crippen LogP contribution in [0.3, 0.4) is 0 Å². The summed E-state index contributed by atoms with van der Waals surface area (Å²) in [5, 5.41) is 2.26. The van der Waals surface area contributed by atoms with Gasteiger partial charge < -0.3 is 0 Å². The Morgan fingerprint density at radius 3 is 3.36 bits per heavy atom. The number of rotatable bonds is 2. The van der Waals surface area contributed by atoms with Gasteiger partial charge in [-0.3, -0.25) is 9.74 Å². The van der Waals surface area contributed by atoms with Crippen molar-refractivity contribution in [2.45, 2.75) is 18.4 Å². The molecule has 3 rings (SSSR count). The van der Waals surface area contributed by atoms with Crippen LogP contribution in [0.25, 0.3) is 0 Å². The molecule has 0 aliphatic carbocycles. The minimum absolute atomic E-state index is 0.378. The standard InChI is InChI=1S/C11H18N2O/c1-2-5-12-7-10-8-14-13-6-3-4-11(10,13)9-12/h2,10H,1,3-9H2/t10-,11-/m1/s1. The summed E-state index contributed by atoms with van der Waals surface area (Å²) in [4.78, 5) is 8.25. The molecule has 3 fully saturated rings. The van der Waals surface area contributed by atoms with E-state index in [0.29, 0.717) is 5.54 Å². The van der Waals surface area contributed by atoms with E-state index in [0.717, 1.165) is 25.6 Å². The molecule has 3 heteroatoms. The van der Waals surface area contributed by atoms with Crippen molar-refractivity contribution in [1.29, 1.82) is 0 Å². The Bertz CT molecular complexity index is 256. The number of hydroxylamine groups is 2. The molecule has 0 aromatic rings. The third-order valence-corrected chi connectivity index (χ3v) is 4.02. The molecule has 14 heavy (non-hydrogen) atoms. The summed E-state index contributed by atoms with van der Waals surface area (Å²) in [5.74, 6) is 0.741. The Morgan fingerprint density at radius 1 is 1.57 bits per heavy atom. The largest absolute Gasteiger partial charge is 0.298 e. The molecular formula is C11H18N2O. The smallest absolute Gasteiger partial charge is 0.0744 e. The summed E-state index contributed by atoms with van der Waals surface area (Å²) in [5.41, 5.74) is 0.378. The molecular weight excluding hydrogens is 176 g/mol. The Hall–Kier alpha value is -0.380. The van der Waals surface area contributed by atoms with Crippen molar-refractivity contribution in [1.82, 2.24) is 9.96 Å². The van der Waals surface area contributed by atoms with Gasteiger partial charge in [0.15, 0.2) is 0 Å². The highest BCUT2D eigenvalue weighted by Gasteiger charge is 2.57. The third-order valence-electron chi connectivity index (χ3n) is 4.02. The molecule has 0 aromatic heterocycles. The van der Waals surface area contributed by atoms with Crippen molar-refractivity contribution in [2.24, 2.45) is 5.92 Å². The van der Waals surface area contributed by atoms with Crippen molar-refractivity contribution in [3.63, 3.8) is 0 Å². The zero-order valence-corrected chi connectivity index (χ0v) is 8.61. The van der Waals surface area contributed by atoms with Crippen molar-refractivity contribution >= 4 is 0 Å². The molecule has 0 bridgehead atoms. The Labute approximate surface area is 85.3 Å². The van der Waals surface area contributed by atoms with E-state index in [1.54, 1.807) is 0 Å². The highest BCUT2D eigenvalue weighted by Crippen LogP contribution is 2.45. The van der Waals surface area contributed by atoms with Gasteiger partial charge in [-0.05, 0) is 12.8 Å². The molecule has 0 amide bonds. The van der Waals surface area contributed by atoms with Crippen LogP contribution in [0.5, 0.6) is 0 Å². The summed E-state index contributed by atoms with van der Waals surface area (Å²) < 4.78 is 0. The number of hydrogen-bond acceptors (Lipinski definition) is 3. The molecule has 78 valence electrons. The molecule has 2 atom stereocenters. The SMILES string of the molecule is C=CCN1C[C@@H]2CON3CCC[C@@]23C1. The first-order valence-electron chi connectivity index (χ1n) is 5.59. The summed E-state index contributed by atoms with van der Waals surface area (Å²) in [7, 11) is 0. The van der Waals surface area contributed by atoms with Gasteiger partial charge in [-0.25, -0.2) is 0 Å². The molecule has 0 radical (unpaired) electrons. The highest BCUT2D eigenvalue weighted by molar-refractivity contribution is 5.08. The number of hydrogen-bond donors (Lipinski definition) is 0. The second-order valence-electron chi connectivity index (χ2n) is 4.78. The summed E-state index contributed by atoms with van der Waals surface area (Å²) >= 11 is 0. The Balaban J connectivity index is 1.80. The lowest BCUT2D eigenvalue weighted by atomic mass is 9.87. The molecule has 3 saturated heterocycles. The van der Waals surface area contributed by atoms with Crippen molar-refractivity contribution in [3.8, 4) is 0 Å². The maximum Gasteiger partial charge on any atom is 0.0744 e. The summed E-state index contributed by atoms with van der Waals surface area (Å²) in [6, 6.07) is 0. The maximum absolute atomic E-state index is 5.74. The topological polar surface area (TPSA) is 15.7 Å². The van der Waals surface area contributed by atoms with Crippen LogP contribution in [-0.2, 0) is 4.84 Å². The van der Waals surface area contributed by atoms with Gasteiger partial charge in [0.25, 0.3) is 0 Å².